The molecule has 0 bridgehead atoms. The smallest absolute Gasteiger partial charge is 0.272 e. The van der Waals surface area contributed by atoms with E-state index < -0.39 is 0 Å². The van der Waals surface area contributed by atoms with Crippen LogP contribution < -0.4 is 5.32 Å². The molecule has 2 atom stereocenters. The number of hydrogen-bond acceptors (Lipinski definition) is 6. The van der Waals surface area contributed by atoms with Crippen molar-refractivity contribution in [2.75, 3.05) is 33.4 Å². The molecule has 0 unspecified atom stereocenters. The Morgan fingerprint density at radius 1 is 1.38 bits per heavy atom. The first kappa shape index (κ1) is 17.5. The zero-order valence-electron chi connectivity index (χ0n) is 13.8. The molecule has 132 valence electrons. The van der Waals surface area contributed by atoms with Crippen LogP contribution in [0.15, 0.2) is 12.4 Å². The summed E-state index contributed by atoms with van der Waals surface area (Å²) in [6, 6.07) is 2.22. The van der Waals surface area contributed by atoms with E-state index in [1.54, 1.807) is 7.11 Å². The average molecular weight is 355 g/mol. The largest absolute Gasteiger partial charge is 0.379 e. The molecule has 2 saturated heterocycles. The lowest BCUT2D eigenvalue weighted by Crippen LogP contribution is -2.54. The number of likely N-dealkylation sites (tertiary alicyclic amines) is 1. The molecule has 2 aliphatic rings. The molecule has 0 aliphatic carbocycles. The lowest BCUT2D eigenvalue weighted by molar-refractivity contribution is -0.0533. The van der Waals surface area contributed by atoms with Gasteiger partial charge in [0.1, 0.15) is 17.2 Å². The molecule has 1 N–H and O–H groups in total. The van der Waals surface area contributed by atoms with Crippen LogP contribution in [0.3, 0.4) is 0 Å². The quantitative estimate of drug-likeness (QED) is 0.817. The molecule has 8 heteroatoms. The molecule has 7 nitrogen and oxygen atoms in total. The summed E-state index contributed by atoms with van der Waals surface area (Å²) in [4.78, 5) is 22.1. The molecule has 2 fully saturated rings. The predicted molar refractivity (Wildman–Crippen MR) is 89.1 cm³/mol. The van der Waals surface area contributed by atoms with Crippen molar-refractivity contribution in [1.82, 2.24) is 20.2 Å². The van der Waals surface area contributed by atoms with Gasteiger partial charge in [0, 0.05) is 45.0 Å². The van der Waals surface area contributed by atoms with Crippen LogP contribution >= 0.6 is 11.6 Å². The van der Waals surface area contributed by atoms with Gasteiger partial charge in [-0.05, 0) is 19.3 Å². The lowest BCUT2D eigenvalue weighted by atomic mass is 9.99. The van der Waals surface area contributed by atoms with Gasteiger partial charge in [-0.15, -0.1) is 0 Å². The molecule has 2 aliphatic heterocycles. The minimum absolute atomic E-state index is 0.0846. The molecular formula is C16H23ClN4O3. The van der Waals surface area contributed by atoms with Crippen molar-refractivity contribution in [2.45, 2.75) is 37.5 Å². The second kappa shape index (κ2) is 8.20. The number of hydrogen-bond donors (Lipinski definition) is 1. The van der Waals surface area contributed by atoms with Crippen LogP contribution in [-0.2, 0) is 9.47 Å². The van der Waals surface area contributed by atoms with Gasteiger partial charge in [0.2, 0.25) is 0 Å². The van der Waals surface area contributed by atoms with E-state index in [1.807, 2.05) is 4.90 Å². The molecule has 0 spiro atoms. The topological polar surface area (TPSA) is 76.6 Å². The number of carbonyl (C=O) groups is 1. The minimum atomic E-state index is -0.0846. The van der Waals surface area contributed by atoms with E-state index in [4.69, 9.17) is 21.1 Å². The highest BCUT2D eigenvalue weighted by atomic mass is 35.5. The van der Waals surface area contributed by atoms with Crippen LogP contribution in [0.2, 0.25) is 5.15 Å². The number of rotatable bonds is 4. The number of methoxy groups -OCH3 is 1. The number of amides is 1. The van der Waals surface area contributed by atoms with Crippen molar-refractivity contribution in [2.24, 2.45) is 0 Å². The third-order valence-electron chi connectivity index (χ3n) is 4.69. The molecule has 3 heterocycles. The van der Waals surface area contributed by atoms with Gasteiger partial charge in [-0.3, -0.25) is 4.79 Å². The Morgan fingerprint density at radius 2 is 2.17 bits per heavy atom. The van der Waals surface area contributed by atoms with Crippen molar-refractivity contribution < 1.29 is 14.3 Å². The normalized spacial score (nSPS) is 25.7. The second-order valence-corrected chi connectivity index (χ2v) is 6.59. The van der Waals surface area contributed by atoms with Gasteiger partial charge < -0.3 is 19.7 Å². The molecule has 1 amide bonds. The first-order chi connectivity index (χ1) is 11.7. The van der Waals surface area contributed by atoms with Crippen LogP contribution in [-0.4, -0.2) is 72.4 Å². The molecule has 0 radical (unpaired) electrons. The third kappa shape index (κ3) is 4.22. The molecule has 24 heavy (non-hydrogen) atoms. The highest BCUT2D eigenvalue weighted by molar-refractivity contribution is 6.29. The fraction of sp³-hybridized carbons (Fsp3) is 0.688. The summed E-state index contributed by atoms with van der Waals surface area (Å²) in [5, 5.41) is 3.96. The fourth-order valence-electron chi connectivity index (χ4n) is 3.30. The first-order valence-electron chi connectivity index (χ1n) is 8.31. The van der Waals surface area contributed by atoms with Crippen molar-refractivity contribution >= 4 is 17.5 Å². The fourth-order valence-corrected chi connectivity index (χ4v) is 3.45. The molecule has 0 aromatic carbocycles. The zero-order valence-corrected chi connectivity index (χ0v) is 14.5. The maximum Gasteiger partial charge on any atom is 0.272 e. The summed E-state index contributed by atoms with van der Waals surface area (Å²) < 4.78 is 11.0. The molecule has 1 aromatic rings. The minimum Gasteiger partial charge on any atom is -0.379 e. The van der Waals surface area contributed by atoms with Crippen LogP contribution in [0.4, 0.5) is 0 Å². The average Bonchev–Trinajstić information content (AvgIpc) is 2.62. The number of carbonyl (C=O) groups excluding carboxylic acids is 1. The number of ether oxygens (including phenoxy) is 2. The Hall–Kier alpha value is -1.28. The standard InChI is InChI=1S/C16H23ClN4O3/c1-23-14-9-24-7-4-12(14)20-11-2-5-21(6-3-11)16(22)13-8-15(17)19-10-18-13/h8,10-12,14,20H,2-7,9H2,1H3/t12-,14+/m0/s1. The summed E-state index contributed by atoms with van der Waals surface area (Å²) in [6.07, 6.45) is 4.20. The predicted octanol–water partition coefficient (Wildman–Crippen LogP) is 1.13. The summed E-state index contributed by atoms with van der Waals surface area (Å²) in [5.41, 5.74) is 0.352. The van der Waals surface area contributed by atoms with Gasteiger partial charge in [0.05, 0.1) is 12.7 Å². The molecular weight excluding hydrogens is 332 g/mol. The van der Waals surface area contributed by atoms with Gasteiger partial charge in [-0.2, -0.15) is 0 Å². The lowest BCUT2D eigenvalue weighted by Gasteiger charge is -2.38. The van der Waals surface area contributed by atoms with E-state index in [-0.39, 0.29) is 17.2 Å². The summed E-state index contributed by atoms with van der Waals surface area (Å²) in [7, 11) is 1.72. The number of piperidine rings is 1. The van der Waals surface area contributed by atoms with E-state index in [0.29, 0.717) is 37.5 Å². The van der Waals surface area contributed by atoms with E-state index in [2.05, 4.69) is 15.3 Å². The van der Waals surface area contributed by atoms with Gasteiger partial charge in [-0.25, -0.2) is 9.97 Å². The number of nitrogens with one attached hydrogen (secondary N) is 1. The maximum atomic E-state index is 12.5. The Morgan fingerprint density at radius 3 is 2.88 bits per heavy atom. The molecule has 0 saturated carbocycles. The van der Waals surface area contributed by atoms with Crippen molar-refractivity contribution in [3.05, 3.63) is 23.2 Å². The number of aromatic nitrogens is 2. The Bertz CT molecular complexity index is 566. The maximum absolute atomic E-state index is 12.5. The SMILES string of the molecule is CO[C@@H]1COCC[C@@H]1NC1CCN(C(=O)c2cc(Cl)ncn2)CC1. The van der Waals surface area contributed by atoms with Gasteiger partial charge >= 0.3 is 0 Å². The second-order valence-electron chi connectivity index (χ2n) is 6.20. The summed E-state index contributed by atoms with van der Waals surface area (Å²) in [5.74, 6) is -0.0846. The third-order valence-corrected chi connectivity index (χ3v) is 4.90. The summed E-state index contributed by atoms with van der Waals surface area (Å²) >= 11 is 5.83. The monoisotopic (exact) mass is 354 g/mol. The van der Waals surface area contributed by atoms with Crippen LogP contribution in [0, 0.1) is 0 Å². The van der Waals surface area contributed by atoms with Gasteiger partial charge in [0.25, 0.3) is 5.91 Å². The molecule has 3 rings (SSSR count). The van der Waals surface area contributed by atoms with E-state index >= 15 is 0 Å². The Kier molecular flexibility index (Phi) is 5.99. The number of nitrogens with zero attached hydrogens (tertiary/aromatic N) is 3. The highest BCUT2D eigenvalue weighted by Crippen LogP contribution is 2.18. The van der Waals surface area contributed by atoms with Crippen molar-refractivity contribution in [3.8, 4) is 0 Å². The van der Waals surface area contributed by atoms with Crippen molar-refractivity contribution in [1.29, 1.82) is 0 Å². The van der Waals surface area contributed by atoms with Gasteiger partial charge in [-0.1, -0.05) is 11.6 Å². The van der Waals surface area contributed by atoms with Crippen molar-refractivity contribution in [3.63, 3.8) is 0 Å². The van der Waals surface area contributed by atoms with E-state index in [0.717, 1.165) is 25.9 Å². The van der Waals surface area contributed by atoms with E-state index in [9.17, 15) is 4.79 Å². The van der Waals surface area contributed by atoms with E-state index in [1.165, 1.54) is 12.4 Å². The highest BCUT2D eigenvalue weighted by Gasteiger charge is 2.30. The first-order valence-corrected chi connectivity index (χ1v) is 8.68. The zero-order chi connectivity index (χ0) is 16.9. The van der Waals surface area contributed by atoms with Gasteiger partial charge in [0.15, 0.2) is 0 Å². The molecule has 1 aromatic heterocycles. The van der Waals surface area contributed by atoms with Crippen LogP contribution in [0.1, 0.15) is 29.8 Å². The Balaban J connectivity index is 1.51. The van der Waals surface area contributed by atoms with Crippen LogP contribution in [0.5, 0.6) is 0 Å². The van der Waals surface area contributed by atoms with Crippen LogP contribution in [0.25, 0.3) is 0 Å². The number of halogens is 1. The Labute approximate surface area is 146 Å². The summed E-state index contributed by atoms with van der Waals surface area (Å²) in [6.45, 7) is 2.82.